The highest BCUT2D eigenvalue weighted by Gasteiger charge is 2.17. The van der Waals surface area contributed by atoms with Gasteiger partial charge in [-0.15, -0.1) is 5.10 Å². The Kier molecular flexibility index (Phi) is 3.83. The minimum atomic E-state index is -0.645. The highest BCUT2D eigenvalue weighted by molar-refractivity contribution is 5.80. The first-order valence-corrected chi connectivity index (χ1v) is 6.74. The van der Waals surface area contributed by atoms with Gasteiger partial charge in [-0.05, 0) is 6.07 Å². The Labute approximate surface area is 130 Å². The molecule has 0 bridgehead atoms. The molecule has 8 heteroatoms. The number of halogens is 2. The highest BCUT2D eigenvalue weighted by atomic mass is 19.1. The Hall–Kier alpha value is -2.74. The quantitative estimate of drug-likeness (QED) is 0.797. The highest BCUT2D eigenvalue weighted by Crippen LogP contribution is 2.32. The fraction of sp³-hybridized carbons (Fsp3) is 0.200. The van der Waals surface area contributed by atoms with E-state index in [9.17, 15) is 8.78 Å². The number of methoxy groups -OCH3 is 2. The lowest BCUT2D eigenvalue weighted by Gasteiger charge is -2.09. The Morgan fingerprint density at radius 1 is 1.04 bits per heavy atom. The molecule has 0 atom stereocenters. The standard InChI is InChI=1S/C15H14F2N4O2/c1-22-14-5-11-13(6-15(14)23-2)21(20-19-11)12-4-9(16)8(7-18)3-10(12)17/h3-6H,7,18H2,1-2H3. The smallest absolute Gasteiger partial charge is 0.163 e. The van der Waals surface area contributed by atoms with Crippen LogP contribution >= 0.6 is 0 Å². The summed E-state index contributed by atoms with van der Waals surface area (Å²) in [5.41, 5.74) is 6.33. The van der Waals surface area contributed by atoms with Gasteiger partial charge >= 0.3 is 0 Å². The van der Waals surface area contributed by atoms with E-state index in [2.05, 4.69) is 10.3 Å². The maximum atomic E-state index is 14.3. The zero-order valence-electron chi connectivity index (χ0n) is 12.5. The van der Waals surface area contributed by atoms with Gasteiger partial charge in [0.15, 0.2) is 11.5 Å². The summed E-state index contributed by atoms with van der Waals surface area (Å²) < 4.78 is 39.8. The first-order chi connectivity index (χ1) is 11.1. The van der Waals surface area contributed by atoms with Crippen LogP contribution in [0, 0.1) is 11.6 Å². The topological polar surface area (TPSA) is 75.2 Å². The largest absolute Gasteiger partial charge is 0.493 e. The Bertz CT molecular complexity index is 880. The molecule has 1 heterocycles. The van der Waals surface area contributed by atoms with Gasteiger partial charge in [0.2, 0.25) is 0 Å². The van der Waals surface area contributed by atoms with Crippen LogP contribution in [0.25, 0.3) is 16.7 Å². The van der Waals surface area contributed by atoms with Crippen molar-refractivity contribution in [2.75, 3.05) is 14.2 Å². The molecule has 0 saturated carbocycles. The van der Waals surface area contributed by atoms with Crippen LogP contribution in [0.4, 0.5) is 8.78 Å². The molecule has 2 aromatic carbocycles. The van der Waals surface area contributed by atoms with Gasteiger partial charge in [0, 0.05) is 30.3 Å². The van der Waals surface area contributed by atoms with Gasteiger partial charge in [0.05, 0.1) is 19.7 Å². The van der Waals surface area contributed by atoms with Crippen LogP contribution in [0.3, 0.4) is 0 Å². The van der Waals surface area contributed by atoms with Crippen LogP contribution < -0.4 is 15.2 Å². The maximum Gasteiger partial charge on any atom is 0.163 e. The van der Waals surface area contributed by atoms with Crippen LogP contribution in [0.5, 0.6) is 11.5 Å². The molecule has 1 aromatic heterocycles. The summed E-state index contributed by atoms with van der Waals surface area (Å²) in [6.07, 6.45) is 0. The number of aromatic nitrogens is 3. The van der Waals surface area contributed by atoms with E-state index in [0.717, 1.165) is 12.1 Å². The van der Waals surface area contributed by atoms with Crippen LogP contribution in [-0.2, 0) is 6.54 Å². The monoisotopic (exact) mass is 320 g/mol. The van der Waals surface area contributed by atoms with Crippen molar-refractivity contribution < 1.29 is 18.3 Å². The van der Waals surface area contributed by atoms with Crippen molar-refractivity contribution in [3.8, 4) is 17.2 Å². The van der Waals surface area contributed by atoms with Crippen molar-refractivity contribution >= 4 is 11.0 Å². The van der Waals surface area contributed by atoms with Crippen molar-refractivity contribution in [1.82, 2.24) is 15.0 Å². The number of hydrogen-bond donors (Lipinski definition) is 1. The molecular formula is C15H14F2N4O2. The minimum Gasteiger partial charge on any atom is -0.493 e. The number of hydrogen-bond acceptors (Lipinski definition) is 5. The number of nitrogens with two attached hydrogens (primary N) is 1. The van der Waals surface area contributed by atoms with Gasteiger partial charge < -0.3 is 15.2 Å². The van der Waals surface area contributed by atoms with Gasteiger partial charge in [0.25, 0.3) is 0 Å². The van der Waals surface area contributed by atoms with Crippen molar-refractivity contribution in [3.63, 3.8) is 0 Å². The second-order valence-corrected chi connectivity index (χ2v) is 4.80. The summed E-state index contributed by atoms with van der Waals surface area (Å²) in [7, 11) is 2.98. The van der Waals surface area contributed by atoms with Gasteiger partial charge in [-0.1, -0.05) is 5.21 Å². The second kappa shape index (κ2) is 5.81. The molecule has 0 unspecified atom stereocenters. The minimum absolute atomic E-state index is 0.0607. The molecule has 0 spiro atoms. The van der Waals surface area contributed by atoms with E-state index in [1.54, 1.807) is 12.1 Å². The fourth-order valence-electron chi connectivity index (χ4n) is 2.32. The molecule has 0 fully saturated rings. The average Bonchev–Trinajstić information content (AvgIpc) is 2.97. The molecular weight excluding hydrogens is 306 g/mol. The SMILES string of the molecule is COc1cc2nnn(-c3cc(F)c(CN)cc3F)c2cc1OC. The predicted molar refractivity (Wildman–Crippen MR) is 79.8 cm³/mol. The van der Waals surface area contributed by atoms with E-state index in [4.69, 9.17) is 15.2 Å². The van der Waals surface area contributed by atoms with E-state index in [-0.39, 0.29) is 17.8 Å². The first-order valence-electron chi connectivity index (χ1n) is 6.74. The third-order valence-corrected chi connectivity index (χ3v) is 3.51. The van der Waals surface area contributed by atoms with E-state index < -0.39 is 11.6 Å². The zero-order chi connectivity index (χ0) is 16.6. The lowest BCUT2D eigenvalue weighted by atomic mass is 10.1. The lowest BCUT2D eigenvalue weighted by molar-refractivity contribution is 0.355. The summed E-state index contributed by atoms with van der Waals surface area (Å²) in [6.45, 7) is -0.0911. The molecule has 0 aliphatic rings. The molecule has 2 N–H and O–H groups in total. The van der Waals surface area contributed by atoms with Crippen molar-refractivity contribution in [3.05, 3.63) is 41.5 Å². The molecule has 3 rings (SSSR count). The summed E-state index contributed by atoms with van der Waals surface area (Å²) >= 11 is 0. The Balaban J connectivity index is 2.23. The average molecular weight is 320 g/mol. The summed E-state index contributed by atoms with van der Waals surface area (Å²) in [4.78, 5) is 0. The zero-order valence-corrected chi connectivity index (χ0v) is 12.5. The second-order valence-electron chi connectivity index (χ2n) is 4.80. The third-order valence-electron chi connectivity index (χ3n) is 3.51. The van der Waals surface area contributed by atoms with Gasteiger partial charge in [-0.2, -0.15) is 0 Å². The lowest BCUT2D eigenvalue weighted by Crippen LogP contribution is -2.06. The summed E-state index contributed by atoms with van der Waals surface area (Å²) in [6, 6.07) is 5.31. The molecule has 0 aliphatic carbocycles. The van der Waals surface area contributed by atoms with Crippen LogP contribution in [0.2, 0.25) is 0 Å². The molecule has 0 saturated heterocycles. The van der Waals surface area contributed by atoms with Crippen molar-refractivity contribution in [1.29, 1.82) is 0 Å². The van der Waals surface area contributed by atoms with Crippen LogP contribution in [0.15, 0.2) is 24.3 Å². The van der Waals surface area contributed by atoms with Crippen molar-refractivity contribution in [2.45, 2.75) is 6.54 Å². The molecule has 0 radical (unpaired) electrons. The fourth-order valence-corrected chi connectivity index (χ4v) is 2.32. The van der Waals surface area contributed by atoms with Crippen LogP contribution in [-0.4, -0.2) is 29.2 Å². The summed E-state index contributed by atoms with van der Waals surface area (Å²) in [5.74, 6) is -0.346. The van der Waals surface area contributed by atoms with Gasteiger partial charge in [-0.3, -0.25) is 0 Å². The van der Waals surface area contributed by atoms with E-state index in [1.807, 2.05) is 0 Å². The third kappa shape index (κ3) is 2.46. The molecule has 6 nitrogen and oxygen atoms in total. The van der Waals surface area contributed by atoms with Crippen molar-refractivity contribution in [2.24, 2.45) is 5.73 Å². The number of fused-ring (bicyclic) bond motifs is 1. The predicted octanol–water partition coefficient (Wildman–Crippen LogP) is 2.17. The molecule has 0 amide bonds. The van der Waals surface area contributed by atoms with E-state index >= 15 is 0 Å². The van der Waals surface area contributed by atoms with Gasteiger partial charge in [-0.25, -0.2) is 13.5 Å². The maximum absolute atomic E-state index is 14.3. The normalized spacial score (nSPS) is 11.0. The number of benzene rings is 2. The van der Waals surface area contributed by atoms with Crippen LogP contribution in [0.1, 0.15) is 5.56 Å². The number of rotatable bonds is 4. The number of nitrogens with zero attached hydrogens (tertiary/aromatic N) is 3. The molecule has 0 aliphatic heterocycles. The van der Waals surface area contributed by atoms with E-state index in [0.29, 0.717) is 22.5 Å². The molecule has 120 valence electrons. The number of ether oxygens (including phenoxy) is 2. The summed E-state index contributed by atoms with van der Waals surface area (Å²) in [5, 5.41) is 7.85. The Morgan fingerprint density at radius 2 is 1.74 bits per heavy atom. The Morgan fingerprint density at radius 3 is 2.39 bits per heavy atom. The molecule has 23 heavy (non-hydrogen) atoms. The molecule has 3 aromatic rings. The van der Waals surface area contributed by atoms with E-state index in [1.165, 1.54) is 18.9 Å². The first kappa shape index (κ1) is 15.2. The van der Waals surface area contributed by atoms with Gasteiger partial charge in [0.1, 0.15) is 22.8 Å².